The summed E-state index contributed by atoms with van der Waals surface area (Å²) >= 11 is 0. The molecule has 0 aromatic rings. The van der Waals surface area contributed by atoms with Gasteiger partial charge >= 0.3 is 5.97 Å². The molecule has 6 heteroatoms. The fourth-order valence-electron chi connectivity index (χ4n) is 2.01. The molecule has 0 bridgehead atoms. The summed E-state index contributed by atoms with van der Waals surface area (Å²) in [6.07, 6.45) is 2.24. The van der Waals surface area contributed by atoms with Crippen LogP contribution in [0.25, 0.3) is 0 Å². The summed E-state index contributed by atoms with van der Waals surface area (Å²) in [6, 6.07) is 0. The maximum Gasteiger partial charge on any atom is 0.330 e. The minimum atomic E-state index is -0.816. The summed E-state index contributed by atoms with van der Waals surface area (Å²) in [5.41, 5.74) is -0.486. The van der Waals surface area contributed by atoms with E-state index in [1.54, 1.807) is 13.0 Å². The highest BCUT2D eigenvalue weighted by Gasteiger charge is 2.34. The highest BCUT2D eigenvalue weighted by molar-refractivity contribution is 5.82. The Kier molecular flexibility index (Phi) is 7.48. The van der Waals surface area contributed by atoms with Crippen molar-refractivity contribution in [2.75, 3.05) is 6.61 Å². The van der Waals surface area contributed by atoms with Crippen molar-refractivity contribution in [3.63, 3.8) is 0 Å². The van der Waals surface area contributed by atoms with Gasteiger partial charge in [-0.15, -0.1) is 0 Å². The van der Waals surface area contributed by atoms with Crippen LogP contribution in [-0.2, 0) is 19.0 Å². The molecule has 128 valence electrons. The normalized spacial score (nSPS) is 29.7. The topological polar surface area (TPSA) is 85.2 Å². The third kappa shape index (κ3) is 7.35. The van der Waals surface area contributed by atoms with Crippen molar-refractivity contribution < 1.29 is 29.2 Å². The Morgan fingerprint density at radius 2 is 2.00 bits per heavy atom. The molecule has 1 rings (SSSR count). The van der Waals surface area contributed by atoms with Gasteiger partial charge in [-0.3, -0.25) is 0 Å². The van der Waals surface area contributed by atoms with E-state index in [4.69, 9.17) is 14.2 Å². The van der Waals surface area contributed by atoms with Crippen LogP contribution in [0.5, 0.6) is 0 Å². The number of carbonyl (C=O) groups excluding carboxylic acids is 1. The van der Waals surface area contributed by atoms with Gasteiger partial charge in [0.2, 0.25) is 0 Å². The van der Waals surface area contributed by atoms with Crippen LogP contribution < -0.4 is 0 Å². The van der Waals surface area contributed by atoms with E-state index >= 15 is 0 Å². The first-order valence-corrected chi connectivity index (χ1v) is 7.72. The molecule has 1 saturated heterocycles. The van der Waals surface area contributed by atoms with Gasteiger partial charge in [-0.25, -0.2) is 4.79 Å². The molecule has 1 aliphatic heterocycles. The first-order chi connectivity index (χ1) is 10.2. The zero-order chi connectivity index (χ0) is 16.8. The average molecular weight is 316 g/mol. The van der Waals surface area contributed by atoms with E-state index in [1.807, 2.05) is 20.8 Å². The van der Waals surface area contributed by atoms with Gasteiger partial charge in [0, 0.05) is 12.5 Å². The SMILES string of the molecule is C[C@@H]1O[C@@H](OCCC/C=C/C(=O)OC(C)(C)C)[C@H](O)C[C@H]1O. The molecule has 0 aromatic heterocycles. The molecule has 0 aromatic carbocycles. The standard InChI is InChI=1S/C16H28O6/c1-11-12(17)10-13(18)15(21-11)20-9-7-5-6-8-14(19)22-16(2,3)4/h6,8,11-13,15,17-18H,5,7,9-10H2,1-4H3/b8-6+/t11-,12+,13+,15+/m0/s1. The number of allylic oxidation sites excluding steroid dienone is 1. The summed E-state index contributed by atoms with van der Waals surface area (Å²) < 4.78 is 16.0. The zero-order valence-corrected chi connectivity index (χ0v) is 13.8. The fraction of sp³-hybridized carbons (Fsp3) is 0.812. The number of carbonyl (C=O) groups is 1. The van der Waals surface area contributed by atoms with Gasteiger partial charge in [0.1, 0.15) is 11.7 Å². The molecule has 6 nitrogen and oxygen atoms in total. The van der Waals surface area contributed by atoms with E-state index in [9.17, 15) is 15.0 Å². The van der Waals surface area contributed by atoms with Crippen LogP contribution in [0.1, 0.15) is 47.0 Å². The maximum absolute atomic E-state index is 11.4. The lowest BCUT2D eigenvalue weighted by Gasteiger charge is -2.35. The third-order valence-electron chi connectivity index (χ3n) is 3.15. The van der Waals surface area contributed by atoms with Crippen LogP contribution in [0.2, 0.25) is 0 Å². The summed E-state index contributed by atoms with van der Waals surface area (Å²) in [5.74, 6) is -0.359. The van der Waals surface area contributed by atoms with Gasteiger partial charge < -0.3 is 24.4 Å². The van der Waals surface area contributed by atoms with Crippen LogP contribution in [-0.4, -0.2) is 53.0 Å². The van der Waals surface area contributed by atoms with Crippen molar-refractivity contribution in [1.82, 2.24) is 0 Å². The van der Waals surface area contributed by atoms with E-state index in [-0.39, 0.29) is 18.5 Å². The minimum absolute atomic E-state index is 0.254. The Hall–Kier alpha value is -0.950. The molecular weight excluding hydrogens is 288 g/mol. The Morgan fingerprint density at radius 3 is 2.64 bits per heavy atom. The smallest absolute Gasteiger partial charge is 0.330 e. The second-order valence-electron chi connectivity index (χ2n) is 6.53. The molecule has 1 aliphatic rings. The van der Waals surface area contributed by atoms with Crippen molar-refractivity contribution in [2.24, 2.45) is 0 Å². The quantitative estimate of drug-likeness (QED) is 0.439. The van der Waals surface area contributed by atoms with E-state index in [0.717, 1.165) is 0 Å². The van der Waals surface area contributed by atoms with Crippen LogP contribution in [0.4, 0.5) is 0 Å². The third-order valence-corrected chi connectivity index (χ3v) is 3.15. The van der Waals surface area contributed by atoms with E-state index in [2.05, 4.69) is 0 Å². The second kappa shape index (κ2) is 8.62. The highest BCUT2D eigenvalue weighted by Crippen LogP contribution is 2.21. The highest BCUT2D eigenvalue weighted by atomic mass is 16.7. The van der Waals surface area contributed by atoms with Gasteiger partial charge in [-0.05, 0) is 40.5 Å². The van der Waals surface area contributed by atoms with Crippen LogP contribution in [0.3, 0.4) is 0 Å². The van der Waals surface area contributed by atoms with Crippen molar-refractivity contribution in [3.05, 3.63) is 12.2 Å². The molecule has 0 saturated carbocycles. The van der Waals surface area contributed by atoms with Gasteiger partial charge in [-0.2, -0.15) is 0 Å². The van der Waals surface area contributed by atoms with Crippen LogP contribution >= 0.6 is 0 Å². The van der Waals surface area contributed by atoms with E-state index in [0.29, 0.717) is 19.4 Å². The molecule has 1 heterocycles. The summed E-state index contributed by atoms with van der Waals surface area (Å²) in [5, 5.41) is 19.3. The number of aliphatic hydroxyl groups excluding tert-OH is 2. The largest absolute Gasteiger partial charge is 0.457 e. The Morgan fingerprint density at radius 1 is 1.32 bits per heavy atom. The van der Waals surface area contributed by atoms with Crippen molar-refractivity contribution in [3.8, 4) is 0 Å². The monoisotopic (exact) mass is 316 g/mol. The fourth-order valence-corrected chi connectivity index (χ4v) is 2.01. The number of hydrogen-bond donors (Lipinski definition) is 2. The molecule has 2 N–H and O–H groups in total. The molecule has 0 radical (unpaired) electrons. The predicted molar refractivity (Wildman–Crippen MR) is 81.1 cm³/mol. The number of ether oxygens (including phenoxy) is 3. The lowest BCUT2D eigenvalue weighted by atomic mass is 10.0. The minimum Gasteiger partial charge on any atom is -0.457 e. The van der Waals surface area contributed by atoms with Gasteiger partial charge in [-0.1, -0.05) is 6.08 Å². The van der Waals surface area contributed by atoms with Crippen molar-refractivity contribution in [2.45, 2.75) is 77.2 Å². The maximum atomic E-state index is 11.4. The van der Waals surface area contributed by atoms with Crippen LogP contribution in [0, 0.1) is 0 Å². The number of esters is 1. The molecule has 0 spiro atoms. The molecule has 0 amide bonds. The lowest BCUT2D eigenvalue weighted by Crippen LogP contribution is -2.47. The zero-order valence-electron chi connectivity index (χ0n) is 13.8. The van der Waals surface area contributed by atoms with Gasteiger partial charge in [0.25, 0.3) is 0 Å². The number of unbranched alkanes of at least 4 members (excludes halogenated alkanes) is 1. The first-order valence-electron chi connectivity index (χ1n) is 7.72. The molecule has 4 atom stereocenters. The predicted octanol–water partition coefficient (Wildman–Crippen LogP) is 1.54. The lowest BCUT2D eigenvalue weighted by molar-refractivity contribution is -0.260. The average Bonchev–Trinajstić information content (AvgIpc) is 2.37. The summed E-state index contributed by atoms with van der Waals surface area (Å²) in [6.45, 7) is 7.61. The summed E-state index contributed by atoms with van der Waals surface area (Å²) in [4.78, 5) is 11.4. The van der Waals surface area contributed by atoms with Gasteiger partial charge in [0.05, 0.1) is 18.8 Å². The molecular formula is C16H28O6. The summed E-state index contributed by atoms with van der Waals surface area (Å²) in [7, 11) is 0. The number of hydrogen-bond acceptors (Lipinski definition) is 6. The molecule has 0 aliphatic carbocycles. The molecule has 22 heavy (non-hydrogen) atoms. The Labute approximate surface area is 132 Å². The Balaban J connectivity index is 2.16. The number of aliphatic hydroxyl groups is 2. The van der Waals surface area contributed by atoms with E-state index in [1.165, 1.54) is 6.08 Å². The van der Waals surface area contributed by atoms with Crippen molar-refractivity contribution in [1.29, 1.82) is 0 Å². The van der Waals surface area contributed by atoms with Crippen molar-refractivity contribution >= 4 is 5.97 Å². The molecule has 0 unspecified atom stereocenters. The van der Waals surface area contributed by atoms with Crippen LogP contribution in [0.15, 0.2) is 12.2 Å². The van der Waals surface area contributed by atoms with Gasteiger partial charge in [0.15, 0.2) is 6.29 Å². The number of rotatable bonds is 6. The Bertz CT molecular complexity index is 373. The van der Waals surface area contributed by atoms with E-state index < -0.39 is 24.1 Å². The molecule has 1 fully saturated rings. The second-order valence-corrected chi connectivity index (χ2v) is 6.53. The first kappa shape index (κ1) is 19.1.